The smallest absolute Gasteiger partial charge is 0.244 e. The van der Waals surface area contributed by atoms with Crippen LogP contribution in [0.25, 0.3) is 0 Å². The zero-order chi connectivity index (χ0) is 12.0. The van der Waals surface area contributed by atoms with Crippen molar-refractivity contribution in [2.45, 2.75) is 33.7 Å². The van der Waals surface area contributed by atoms with Gasteiger partial charge in [-0.3, -0.25) is 9.80 Å². The number of hydrogen-bond donors (Lipinski definition) is 0. The Labute approximate surface area is 109 Å². The second kappa shape index (κ2) is 4.39. The van der Waals surface area contributed by atoms with Crippen molar-refractivity contribution in [3.8, 4) is 0 Å². The monoisotopic (exact) mass is 246 g/mol. The number of carbonyl (C=O) groups excluding carboxylic acids is 1. The fourth-order valence-corrected chi connectivity index (χ4v) is 2.94. The van der Waals surface area contributed by atoms with Crippen LogP contribution < -0.4 is 0 Å². The Morgan fingerprint density at radius 2 is 1.89 bits per heavy atom. The summed E-state index contributed by atoms with van der Waals surface area (Å²) in [7, 11) is 0. The minimum absolute atomic E-state index is 0. The van der Waals surface area contributed by atoms with Gasteiger partial charge in [-0.05, 0) is 25.8 Å². The first-order chi connectivity index (χ1) is 8.09. The van der Waals surface area contributed by atoms with E-state index in [1.165, 1.54) is 5.56 Å². The van der Waals surface area contributed by atoms with Gasteiger partial charge < -0.3 is 0 Å². The van der Waals surface area contributed by atoms with E-state index in [4.69, 9.17) is 0 Å². The van der Waals surface area contributed by atoms with Crippen molar-refractivity contribution < 1.29 is 4.79 Å². The highest BCUT2D eigenvalue weighted by atomic mass is 16.2. The summed E-state index contributed by atoms with van der Waals surface area (Å²) in [6.07, 6.45) is 1.05. The Kier molecular flexibility index (Phi) is 3.20. The Morgan fingerprint density at radius 1 is 1.22 bits per heavy atom. The van der Waals surface area contributed by atoms with E-state index < -0.39 is 0 Å². The highest BCUT2D eigenvalue weighted by Gasteiger charge is 2.50. The van der Waals surface area contributed by atoms with Crippen LogP contribution in [0.3, 0.4) is 0 Å². The van der Waals surface area contributed by atoms with E-state index in [1.807, 2.05) is 37.1 Å². The number of nitrogens with zero attached hydrogens (tertiary/aromatic N) is 2. The molecule has 2 heterocycles. The molecule has 98 valence electrons. The van der Waals surface area contributed by atoms with Crippen molar-refractivity contribution in [2.24, 2.45) is 5.41 Å². The van der Waals surface area contributed by atoms with Crippen LogP contribution in [0, 0.1) is 5.41 Å². The predicted molar refractivity (Wildman–Crippen MR) is 72.7 cm³/mol. The van der Waals surface area contributed by atoms with Crippen molar-refractivity contribution >= 4 is 5.91 Å². The average molecular weight is 246 g/mol. The SMILES string of the molecule is C.CC1(C)CN2CC[C@@H](c3ccccc3)N2C1=O. The van der Waals surface area contributed by atoms with Gasteiger partial charge in [0.1, 0.15) is 0 Å². The minimum Gasteiger partial charge on any atom is -0.273 e. The van der Waals surface area contributed by atoms with Gasteiger partial charge in [-0.1, -0.05) is 37.8 Å². The van der Waals surface area contributed by atoms with Gasteiger partial charge in [0.15, 0.2) is 0 Å². The Bertz CT molecular complexity index is 441. The van der Waals surface area contributed by atoms with Gasteiger partial charge in [0, 0.05) is 13.1 Å². The van der Waals surface area contributed by atoms with Crippen LogP contribution in [0.15, 0.2) is 30.3 Å². The van der Waals surface area contributed by atoms with Crippen LogP contribution >= 0.6 is 0 Å². The molecular formula is C15H22N2O. The van der Waals surface area contributed by atoms with Gasteiger partial charge in [-0.25, -0.2) is 5.01 Å². The molecule has 0 spiro atoms. The van der Waals surface area contributed by atoms with Crippen LogP contribution in [-0.2, 0) is 4.79 Å². The molecule has 18 heavy (non-hydrogen) atoms. The van der Waals surface area contributed by atoms with Gasteiger partial charge >= 0.3 is 0 Å². The van der Waals surface area contributed by atoms with E-state index in [0.717, 1.165) is 19.5 Å². The lowest BCUT2D eigenvalue weighted by atomic mass is 9.92. The maximum Gasteiger partial charge on any atom is 0.244 e. The van der Waals surface area contributed by atoms with Crippen molar-refractivity contribution in [3.05, 3.63) is 35.9 Å². The summed E-state index contributed by atoms with van der Waals surface area (Å²) in [5, 5.41) is 4.19. The molecule has 3 rings (SSSR count). The summed E-state index contributed by atoms with van der Waals surface area (Å²) >= 11 is 0. The van der Waals surface area contributed by atoms with Crippen LogP contribution in [0.1, 0.15) is 39.3 Å². The number of carbonyl (C=O) groups is 1. The number of hydrazine groups is 1. The lowest BCUT2D eigenvalue weighted by Gasteiger charge is -2.26. The molecule has 1 amide bonds. The number of hydrogen-bond acceptors (Lipinski definition) is 2. The molecule has 2 saturated heterocycles. The number of rotatable bonds is 1. The van der Waals surface area contributed by atoms with Crippen molar-refractivity contribution in [1.82, 2.24) is 10.0 Å². The van der Waals surface area contributed by atoms with Crippen molar-refractivity contribution in [3.63, 3.8) is 0 Å². The van der Waals surface area contributed by atoms with E-state index in [1.54, 1.807) is 0 Å². The summed E-state index contributed by atoms with van der Waals surface area (Å²) in [5.74, 6) is 0.267. The Morgan fingerprint density at radius 3 is 2.56 bits per heavy atom. The topological polar surface area (TPSA) is 23.6 Å². The second-order valence-corrected chi connectivity index (χ2v) is 5.64. The lowest BCUT2D eigenvalue weighted by Crippen LogP contribution is -2.35. The lowest BCUT2D eigenvalue weighted by molar-refractivity contribution is -0.142. The van der Waals surface area contributed by atoms with Crippen LogP contribution in [0.5, 0.6) is 0 Å². The largest absolute Gasteiger partial charge is 0.273 e. The van der Waals surface area contributed by atoms with Gasteiger partial charge in [-0.15, -0.1) is 0 Å². The fourth-order valence-electron chi connectivity index (χ4n) is 2.94. The summed E-state index contributed by atoms with van der Waals surface area (Å²) in [6, 6.07) is 10.6. The van der Waals surface area contributed by atoms with Crippen molar-refractivity contribution in [2.75, 3.05) is 13.1 Å². The Hall–Kier alpha value is -1.35. The highest BCUT2D eigenvalue weighted by molar-refractivity contribution is 5.84. The van der Waals surface area contributed by atoms with Crippen LogP contribution in [0.4, 0.5) is 0 Å². The van der Waals surface area contributed by atoms with Gasteiger partial charge in [0.25, 0.3) is 0 Å². The van der Waals surface area contributed by atoms with Crippen LogP contribution in [0.2, 0.25) is 0 Å². The molecule has 2 fully saturated rings. The molecule has 0 N–H and O–H groups in total. The summed E-state index contributed by atoms with van der Waals surface area (Å²) in [6.45, 7) is 5.93. The molecule has 1 aromatic carbocycles. The Balaban J connectivity index is 0.00000120. The standard InChI is InChI=1S/C14H18N2O.CH4/c1-14(2)10-15-9-8-12(16(15)13(14)17)11-6-4-3-5-7-11;/h3-7,12H,8-10H2,1-2H3;1H4/t12-;/m0./s1. The van der Waals surface area contributed by atoms with E-state index in [0.29, 0.717) is 0 Å². The zero-order valence-corrected chi connectivity index (χ0v) is 10.4. The molecule has 2 aliphatic rings. The maximum atomic E-state index is 12.4. The molecule has 3 heteroatoms. The third-order valence-electron chi connectivity index (χ3n) is 3.81. The average Bonchev–Trinajstić information content (AvgIpc) is 2.80. The van der Waals surface area contributed by atoms with Gasteiger partial charge in [0.05, 0.1) is 11.5 Å². The molecule has 0 bridgehead atoms. The first kappa shape index (κ1) is 13.1. The fraction of sp³-hybridized carbons (Fsp3) is 0.533. The van der Waals surface area contributed by atoms with E-state index in [2.05, 4.69) is 17.1 Å². The third kappa shape index (κ3) is 1.83. The first-order valence-corrected chi connectivity index (χ1v) is 6.23. The molecule has 3 nitrogen and oxygen atoms in total. The predicted octanol–water partition coefficient (Wildman–Crippen LogP) is 2.85. The second-order valence-electron chi connectivity index (χ2n) is 5.64. The molecule has 0 saturated carbocycles. The van der Waals surface area contributed by atoms with Gasteiger partial charge in [-0.2, -0.15) is 0 Å². The molecule has 0 aromatic heterocycles. The molecule has 1 aromatic rings. The van der Waals surface area contributed by atoms with Crippen LogP contribution in [-0.4, -0.2) is 29.0 Å². The van der Waals surface area contributed by atoms with E-state index in [9.17, 15) is 4.79 Å². The number of fused-ring (bicyclic) bond motifs is 1. The van der Waals surface area contributed by atoms with Gasteiger partial charge in [0.2, 0.25) is 5.91 Å². The molecule has 0 radical (unpaired) electrons. The van der Waals surface area contributed by atoms with E-state index >= 15 is 0 Å². The minimum atomic E-state index is -0.229. The quantitative estimate of drug-likeness (QED) is 0.760. The van der Waals surface area contributed by atoms with E-state index in [-0.39, 0.29) is 24.8 Å². The number of benzene rings is 1. The molecular weight excluding hydrogens is 224 g/mol. The molecule has 2 aliphatic heterocycles. The molecule has 0 unspecified atom stereocenters. The molecule has 1 atom stereocenters. The zero-order valence-electron chi connectivity index (χ0n) is 10.4. The summed E-state index contributed by atoms with van der Waals surface area (Å²) < 4.78 is 0. The first-order valence-electron chi connectivity index (χ1n) is 6.23. The number of amides is 1. The summed E-state index contributed by atoms with van der Waals surface area (Å²) in [5.41, 5.74) is 1.02. The molecule has 0 aliphatic carbocycles. The third-order valence-corrected chi connectivity index (χ3v) is 3.81. The van der Waals surface area contributed by atoms with Crippen molar-refractivity contribution in [1.29, 1.82) is 0 Å². The maximum absolute atomic E-state index is 12.4. The summed E-state index contributed by atoms with van der Waals surface area (Å²) in [4.78, 5) is 12.4. The normalized spacial score (nSPS) is 26.0. The highest BCUT2D eigenvalue weighted by Crippen LogP contribution is 2.41.